The number of benzene rings is 3. The van der Waals surface area contributed by atoms with Crippen LogP contribution in [0.15, 0.2) is 78.2 Å². The Bertz CT molecular complexity index is 1370. The van der Waals surface area contributed by atoms with Crippen LogP contribution in [0, 0.1) is 21.4 Å². The average molecular weight is 485 g/mol. The van der Waals surface area contributed by atoms with Crippen molar-refractivity contribution < 1.29 is 23.9 Å². The monoisotopic (exact) mass is 485 g/mol. The number of rotatable bonds is 7. The van der Waals surface area contributed by atoms with E-state index in [1.165, 1.54) is 23.8 Å². The summed E-state index contributed by atoms with van der Waals surface area (Å²) in [5, 5.41) is 20.7. The smallest absolute Gasteiger partial charge is 0.349 e. The Labute approximate surface area is 207 Å². The van der Waals surface area contributed by atoms with Crippen molar-refractivity contribution in [2.45, 2.75) is 25.7 Å². The SMILES string of the molecule is CC(C)c1ccc(OCC(=O)Oc2ccc3c(c2)OC(N)=C(C#N)C3c2ccc([N+](=O)[O-])cc2)cc1. The zero-order valence-corrected chi connectivity index (χ0v) is 19.6. The van der Waals surface area contributed by atoms with Crippen molar-refractivity contribution in [1.82, 2.24) is 0 Å². The number of esters is 1. The van der Waals surface area contributed by atoms with Gasteiger partial charge in [-0.2, -0.15) is 5.26 Å². The molecule has 0 radical (unpaired) electrons. The molecule has 3 aromatic rings. The molecule has 0 amide bonds. The number of nitrogens with zero attached hydrogens (tertiary/aromatic N) is 2. The van der Waals surface area contributed by atoms with Crippen LogP contribution in [0.25, 0.3) is 0 Å². The van der Waals surface area contributed by atoms with Gasteiger partial charge in [0.05, 0.1) is 10.8 Å². The minimum absolute atomic E-state index is 0.0677. The van der Waals surface area contributed by atoms with Crippen LogP contribution in [0.4, 0.5) is 5.69 Å². The van der Waals surface area contributed by atoms with Gasteiger partial charge < -0.3 is 19.9 Å². The molecule has 1 atom stereocenters. The van der Waals surface area contributed by atoms with Gasteiger partial charge in [-0.15, -0.1) is 0 Å². The first-order valence-electron chi connectivity index (χ1n) is 11.2. The maximum absolute atomic E-state index is 12.3. The molecule has 9 heteroatoms. The van der Waals surface area contributed by atoms with Gasteiger partial charge in [-0.25, -0.2) is 4.79 Å². The molecule has 0 fully saturated rings. The fraction of sp³-hybridized carbons (Fsp3) is 0.185. The van der Waals surface area contributed by atoms with E-state index in [1.807, 2.05) is 12.1 Å². The third-order valence-electron chi connectivity index (χ3n) is 5.76. The number of nitrogens with two attached hydrogens (primary N) is 1. The standard InChI is InChI=1S/C27H23N3O6/c1-16(2)17-5-9-20(10-6-17)34-15-25(31)35-21-11-12-22-24(13-21)36-27(29)23(14-28)26(22)18-3-7-19(8-4-18)30(32)33/h3-13,16,26H,15,29H2,1-2H3. The highest BCUT2D eigenvalue weighted by atomic mass is 16.6. The second-order valence-corrected chi connectivity index (χ2v) is 8.46. The molecule has 1 aliphatic heterocycles. The lowest BCUT2D eigenvalue weighted by molar-refractivity contribution is -0.384. The van der Waals surface area contributed by atoms with Crippen molar-refractivity contribution >= 4 is 11.7 Å². The molecule has 0 bridgehead atoms. The molecular weight excluding hydrogens is 462 g/mol. The Morgan fingerprint density at radius 2 is 1.78 bits per heavy atom. The molecule has 182 valence electrons. The van der Waals surface area contributed by atoms with Gasteiger partial charge in [-0.1, -0.05) is 44.2 Å². The maximum atomic E-state index is 12.3. The lowest BCUT2D eigenvalue weighted by Gasteiger charge is -2.26. The van der Waals surface area contributed by atoms with Crippen LogP contribution in [0.3, 0.4) is 0 Å². The van der Waals surface area contributed by atoms with E-state index >= 15 is 0 Å². The summed E-state index contributed by atoms with van der Waals surface area (Å²) in [5.41, 5.74) is 8.52. The Balaban J connectivity index is 1.50. The molecule has 0 aliphatic carbocycles. The van der Waals surface area contributed by atoms with Crippen LogP contribution in [-0.2, 0) is 4.79 Å². The van der Waals surface area contributed by atoms with E-state index in [1.54, 1.807) is 36.4 Å². The van der Waals surface area contributed by atoms with Gasteiger partial charge >= 0.3 is 5.97 Å². The zero-order chi connectivity index (χ0) is 25.8. The summed E-state index contributed by atoms with van der Waals surface area (Å²) in [7, 11) is 0. The van der Waals surface area contributed by atoms with E-state index in [-0.39, 0.29) is 29.5 Å². The zero-order valence-electron chi connectivity index (χ0n) is 19.6. The molecule has 0 saturated carbocycles. The number of allylic oxidation sites excluding steroid dienone is 1. The molecule has 0 spiro atoms. The van der Waals surface area contributed by atoms with Gasteiger partial charge in [0, 0.05) is 23.8 Å². The summed E-state index contributed by atoms with van der Waals surface area (Å²) in [5.74, 6) is 0.179. The number of nitro groups is 1. The highest BCUT2D eigenvalue weighted by molar-refractivity contribution is 5.74. The van der Waals surface area contributed by atoms with Crippen LogP contribution >= 0.6 is 0 Å². The van der Waals surface area contributed by atoms with E-state index in [2.05, 4.69) is 19.9 Å². The number of ether oxygens (including phenoxy) is 3. The fourth-order valence-corrected chi connectivity index (χ4v) is 3.88. The number of nitriles is 1. The van der Waals surface area contributed by atoms with Crippen LogP contribution in [0.1, 0.15) is 42.4 Å². The van der Waals surface area contributed by atoms with Gasteiger partial charge in [0.15, 0.2) is 6.61 Å². The summed E-state index contributed by atoms with van der Waals surface area (Å²) in [6.07, 6.45) is 0. The molecule has 9 nitrogen and oxygen atoms in total. The first-order chi connectivity index (χ1) is 17.3. The van der Waals surface area contributed by atoms with Crippen LogP contribution in [0.5, 0.6) is 17.2 Å². The largest absolute Gasteiger partial charge is 0.482 e. The number of hydrogen-bond donors (Lipinski definition) is 1. The third kappa shape index (κ3) is 5.13. The maximum Gasteiger partial charge on any atom is 0.349 e. The van der Waals surface area contributed by atoms with E-state index in [9.17, 15) is 20.2 Å². The minimum Gasteiger partial charge on any atom is -0.482 e. The summed E-state index contributed by atoms with van der Waals surface area (Å²) in [6.45, 7) is 3.90. The Kier molecular flexibility index (Phi) is 6.88. The molecule has 36 heavy (non-hydrogen) atoms. The Morgan fingerprint density at radius 3 is 2.39 bits per heavy atom. The normalized spacial score (nSPS) is 14.4. The lowest BCUT2D eigenvalue weighted by atomic mass is 9.83. The van der Waals surface area contributed by atoms with Gasteiger partial charge in [0.25, 0.3) is 5.69 Å². The van der Waals surface area contributed by atoms with Crippen molar-refractivity contribution in [3.8, 4) is 23.3 Å². The molecule has 2 N–H and O–H groups in total. The van der Waals surface area contributed by atoms with Crippen LogP contribution < -0.4 is 19.9 Å². The number of non-ortho nitro benzene ring substituents is 1. The fourth-order valence-electron chi connectivity index (χ4n) is 3.88. The summed E-state index contributed by atoms with van der Waals surface area (Å²) >= 11 is 0. The van der Waals surface area contributed by atoms with E-state index < -0.39 is 16.8 Å². The highest BCUT2D eigenvalue weighted by Crippen LogP contribution is 2.43. The minimum atomic E-state index is -0.605. The molecule has 0 saturated heterocycles. The molecule has 1 aliphatic rings. The number of fused-ring (bicyclic) bond motifs is 1. The summed E-state index contributed by atoms with van der Waals surface area (Å²) in [4.78, 5) is 22.8. The number of carbonyl (C=O) groups excluding carboxylic acids is 1. The van der Waals surface area contributed by atoms with Crippen molar-refractivity contribution in [3.63, 3.8) is 0 Å². The van der Waals surface area contributed by atoms with Crippen LogP contribution in [-0.4, -0.2) is 17.5 Å². The first kappa shape index (κ1) is 24.3. The molecule has 1 heterocycles. The second kappa shape index (κ2) is 10.2. The van der Waals surface area contributed by atoms with Crippen LogP contribution in [0.2, 0.25) is 0 Å². The topological polar surface area (TPSA) is 138 Å². The third-order valence-corrected chi connectivity index (χ3v) is 5.76. The quantitative estimate of drug-likeness (QED) is 0.215. The molecule has 0 aromatic heterocycles. The summed E-state index contributed by atoms with van der Waals surface area (Å²) < 4.78 is 16.5. The number of carbonyl (C=O) groups is 1. The van der Waals surface area contributed by atoms with Gasteiger partial charge in [-0.3, -0.25) is 10.1 Å². The van der Waals surface area contributed by atoms with Gasteiger partial charge in [0.2, 0.25) is 5.88 Å². The molecule has 3 aromatic carbocycles. The first-order valence-corrected chi connectivity index (χ1v) is 11.2. The van der Waals surface area contributed by atoms with Gasteiger partial charge in [0.1, 0.15) is 28.9 Å². The molecular formula is C27H23N3O6. The number of hydrogen-bond acceptors (Lipinski definition) is 8. The molecule has 1 unspecified atom stereocenters. The predicted octanol–water partition coefficient (Wildman–Crippen LogP) is 4.92. The average Bonchev–Trinajstić information content (AvgIpc) is 2.87. The number of nitro benzene ring substituents is 1. The highest BCUT2D eigenvalue weighted by Gasteiger charge is 2.31. The Morgan fingerprint density at radius 1 is 1.11 bits per heavy atom. The van der Waals surface area contributed by atoms with Crippen molar-refractivity contribution in [2.75, 3.05) is 6.61 Å². The van der Waals surface area contributed by atoms with Crippen molar-refractivity contribution in [3.05, 3.63) is 105 Å². The van der Waals surface area contributed by atoms with Crippen molar-refractivity contribution in [1.29, 1.82) is 5.26 Å². The van der Waals surface area contributed by atoms with E-state index in [4.69, 9.17) is 19.9 Å². The summed E-state index contributed by atoms with van der Waals surface area (Å²) in [6, 6.07) is 20.2. The van der Waals surface area contributed by atoms with E-state index in [0.717, 1.165) is 0 Å². The second-order valence-electron chi connectivity index (χ2n) is 8.46. The van der Waals surface area contributed by atoms with Gasteiger partial charge in [-0.05, 0) is 35.2 Å². The Hall–Kier alpha value is -4.84. The molecule has 4 rings (SSSR count). The predicted molar refractivity (Wildman–Crippen MR) is 130 cm³/mol. The lowest BCUT2D eigenvalue weighted by Crippen LogP contribution is -2.21. The van der Waals surface area contributed by atoms with E-state index in [0.29, 0.717) is 28.5 Å². The van der Waals surface area contributed by atoms with Crippen molar-refractivity contribution in [2.24, 2.45) is 5.73 Å².